The quantitative estimate of drug-likeness (QED) is 0.749. The van der Waals surface area contributed by atoms with Crippen LogP contribution in [0.2, 0.25) is 5.15 Å². The first-order valence-electron chi connectivity index (χ1n) is 7.65. The van der Waals surface area contributed by atoms with Crippen molar-refractivity contribution < 1.29 is 18.3 Å². The van der Waals surface area contributed by atoms with Crippen LogP contribution in [0.1, 0.15) is 16.1 Å². The highest BCUT2D eigenvalue weighted by molar-refractivity contribution is 6.29. The number of pyridine rings is 1. The van der Waals surface area contributed by atoms with Gasteiger partial charge in [0.2, 0.25) is 0 Å². The van der Waals surface area contributed by atoms with E-state index < -0.39 is 23.9 Å². The van der Waals surface area contributed by atoms with Crippen LogP contribution < -0.4 is 11.1 Å². The van der Waals surface area contributed by atoms with Crippen molar-refractivity contribution in [1.29, 1.82) is 0 Å². The summed E-state index contributed by atoms with van der Waals surface area (Å²) in [5, 5.41) is 2.74. The number of aliphatic imine (C=N–C) groups is 1. The third-order valence-corrected chi connectivity index (χ3v) is 4.05. The van der Waals surface area contributed by atoms with E-state index in [4.69, 9.17) is 22.1 Å². The second-order valence-electron chi connectivity index (χ2n) is 5.76. The summed E-state index contributed by atoms with van der Waals surface area (Å²) in [6.45, 7) is -1.10. The number of aromatic nitrogens is 1. The molecule has 0 spiro atoms. The zero-order valence-electron chi connectivity index (χ0n) is 13.9. The molecule has 0 aliphatic carbocycles. The Kier molecular flexibility index (Phi) is 6.69. The van der Waals surface area contributed by atoms with Gasteiger partial charge < -0.3 is 15.8 Å². The minimum atomic E-state index is -1.58. The molecule has 1 aromatic carbocycles. The van der Waals surface area contributed by atoms with Crippen LogP contribution in [-0.4, -0.2) is 36.6 Å². The molecule has 10 heteroatoms. The zero-order chi connectivity index (χ0) is 18.7. The smallest absolute Gasteiger partial charge is 0.274 e. The van der Waals surface area contributed by atoms with Gasteiger partial charge in [-0.15, -0.1) is 12.4 Å². The van der Waals surface area contributed by atoms with E-state index >= 15 is 0 Å². The molecule has 1 atom stereocenters. The fourth-order valence-corrected chi connectivity index (χ4v) is 2.80. The molecule has 1 aliphatic heterocycles. The van der Waals surface area contributed by atoms with Gasteiger partial charge in [-0.05, 0) is 30.3 Å². The largest absolute Gasteiger partial charge is 0.385 e. The summed E-state index contributed by atoms with van der Waals surface area (Å²) in [7, 11) is 0. The molecule has 1 aliphatic rings. The first kappa shape index (κ1) is 21.0. The molecule has 0 saturated carbocycles. The van der Waals surface area contributed by atoms with Gasteiger partial charge >= 0.3 is 0 Å². The SMILES string of the molecule is Cl.NC1=N[C@](CF)(c2cc(NC(=O)c3cccc(Cl)n3)ccc2F)COC1. The molecule has 144 valence electrons. The third kappa shape index (κ3) is 4.52. The fourth-order valence-electron chi connectivity index (χ4n) is 2.63. The Morgan fingerprint density at radius 3 is 2.81 bits per heavy atom. The number of nitrogens with zero attached hydrogens (tertiary/aromatic N) is 2. The van der Waals surface area contributed by atoms with Gasteiger partial charge in [-0.1, -0.05) is 17.7 Å². The van der Waals surface area contributed by atoms with Crippen LogP contribution in [-0.2, 0) is 10.3 Å². The van der Waals surface area contributed by atoms with Crippen LogP contribution in [0.3, 0.4) is 0 Å². The van der Waals surface area contributed by atoms with Gasteiger partial charge in [-0.3, -0.25) is 9.79 Å². The molecule has 0 unspecified atom stereocenters. The highest BCUT2D eigenvalue weighted by Crippen LogP contribution is 2.33. The van der Waals surface area contributed by atoms with Crippen molar-refractivity contribution in [2.24, 2.45) is 10.7 Å². The molecule has 0 radical (unpaired) electrons. The number of hydrogen-bond acceptors (Lipinski definition) is 5. The van der Waals surface area contributed by atoms with Crippen LogP contribution in [0.25, 0.3) is 0 Å². The average molecular weight is 417 g/mol. The van der Waals surface area contributed by atoms with Gasteiger partial charge in [0.1, 0.15) is 41.3 Å². The number of hydrogen-bond donors (Lipinski definition) is 2. The van der Waals surface area contributed by atoms with Crippen molar-refractivity contribution in [3.05, 3.63) is 58.6 Å². The van der Waals surface area contributed by atoms with Gasteiger partial charge in [-0.25, -0.2) is 13.8 Å². The molecular formula is C17H16Cl2F2N4O2. The Bertz CT molecular complexity index is 882. The summed E-state index contributed by atoms with van der Waals surface area (Å²) < 4.78 is 33.3. The fraction of sp³-hybridized carbons (Fsp3) is 0.235. The topological polar surface area (TPSA) is 89.6 Å². The number of ether oxygens (including phenoxy) is 1. The molecule has 6 nitrogen and oxygen atoms in total. The van der Waals surface area contributed by atoms with Crippen LogP contribution >= 0.6 is 24.0 Å². The molecule has 0 fully saturated rings. The van der Waals surface area contributed by atoms with E-state index in [1.807, 2.05) is 0 Å². The molecule has 1 aromatic heterocycles. The lowest BCUT2D eigenvalue weighted by atomic mass is 9.91. The van der Waals surface area contributed by atoms with E-state index in [9.17, 15) is 13.6 Å². The van der Waals surface area contributed by atoms with E-state index in [2.05, 4.69) is 15.3 Å². The van der Waals surface area contributed by atoms with Gasteiger partial charge in [0.05, 0.1) is 6.61 Å². The Labute approximate surface area is 165 Å². The minimum absolute atomic E-state index is 0. The molecule has 1 amide bonds. The molecule has 3 N–H and O–H groups in total. The molecule has 0 bridgehead atoms. The maximum Gasteiger partial charge on any atom is 0.274 e. The number of anilines is 1. The maximum absolute atomic E-state index is 14.4. The van der Waals surface area contributed by atoms with Crippen molar-refractivity contribution >= 4 is 41.4 Å². The van der Waals surface area contributed by atoms with Gasteiger partial charge in [0.15, 0.2) is 0 Å². The molecule has 2 aromatic rings. The monoisotopic (exact) mass is 416 g/mol. The van der Waals surface area contributed by atoms with Crippen LogP contribution in [0.5, 0.6) is 0 Å². The second-order valence-corrected chi connectivity index (χ2v) is 6.14. The Balaban J connectivity index is 0.00000261. The Hall–Kier alpha value is -2.29. The molecule has 0 saturated heterocycles. The number of nitrogens with two attached hydrogens (primary N) is 1. The van der Waals surface area contributed by atoms with Crippen LogP contribution in [0.15, 0.2) is 41.4 Å². The zero-order valence-corrected chi connectivity index (χ0v) is 15.5. The van der Waals surface area contributed by atoms with E-state index in [0.717, 1.165) is 6.07 Å². The maximum atomic E-state index is 14.4. The summed E-state index contributed by atoms with van der Waals surface area (Å²) >= 11 is 5.77. The Morgan fingerprint density at radius 1 is 1.37 bits per heavy atom. The summed E-state index contributed by atoms with van der Waals surface area (Å²) in [5.74, 6) is -1.14. The predicted octanol–water partition coefficient (Wildman–Crippen LogP) is 3.10. The van der Waals surface area contributed by atoms with E-state index in [0.29, 0.717) is 0 Å². The first-order chi connectivity index (χ1) is 12.4. The van der Waals surface area contributed by atoms with Crippen molar-refractivity contribution in [3.8, 4) is 0 Å². The second kappa shape index (κ2) is 8.60. The standard InChI is InChI=1S/C17H15ClF2N4O2.ClH/c18-14-3-1-2-13(23-14)16(25)22-10-4-5-12(20)11(6-10)17(8-19)9-26-7-15(21)24-17;/h1-6H,7-9H2,(H2,21,24)(H,22,25);1H/t17-;/m0./s1. The van der Waals surface area contributed by atoms with Crippen molar-refractivity contribution in [2.75, 3.05) is 25.2 Å². The summed E-state index contributed by atoms with van der Waals surface area (Å²) in [6.07, 6.45) is 0. The van der Waals surface area contributed by atoms with E-state index in [1.165, 1.54) is 24.3 Å². The Morgan fingerprint density at radius 2 is 2.15 bits per heavy atom. The molecule has 3 rings (SSSR count). The third-order valence-electron chi connectivity index (χ3n) is 3.84. The molecule has 27 heavy (non-hydrogen) atoms. The number of alkyl halides is 1. The lowest BCUT2D eigenvalue weighted by molar-refractivity contribution is 0.0809. The average Bonchev–Trinajstić information content (AvgIpc) is 2.63. The highest BCUT2D eigenvalue weighted by atomic mass is 35.5. The van der Waals surface area contributed by atoms with Gasteiger partial charge in [0, 0.05) is 11.3 Å². The first-order valence-corrected chi connectivity index (χ1v) is 8.03. The lowest BCUT2D eigenvalue weighted by Crippen LogP contribution is -2.42. The number of benzene rings is 1. The highest BCUT2D eigenvalue weighted by Gasteiger charge is 2.38. The predicted molar refractivity (Wildman–Crippen MR) is 101 cm³/mol. The minimum Gasteiger partial charge on any atom is -0.385 e. The van der Waals surface area contributed by atoms with Gasteiger partial charge in [-0.2, -0.15) is 0 Å². The van der Waals surface area contributed by atoms with Crippen LogP contribution in [0, 0.1) is 5.82 Å². The summed E-state index contributed by atoms with van der Waals surface area (Å²) in [4.78, 5) is 20.2. The molecule has 2 heterocycles. The normalized spacial score (nSPS) is 19.0. The molecular weight excluding hydrogens is 401 g/mol. The number of carbonyl (C=O) groups is 1. The number of halogens is 4. The van der Waals surface area contributed by atoms with Crippen molar-refractivity contribution in [2.45, 2.75) is 5.54 Å². The number of nitrogens with one attached hydrogen (secondary N) is 1. The summed E-state index contributed by atoms with van der Waals surface area (Å²) in [5.41, 5.74) is 4.33. The number of rotatable bonds is 4. The van der Waals surface area contributed by atoms with E-state index in [1.54, 1.807) is 6.07 Å². The van der Waals surface area contributed by atoms with E-state index in [-0.39, 0.29) is 53.6 Å². The summed E-state index contributed by atoms with van der Waals surface area (Å²) in [6, 6.07) is 8.37. The van der Waals surface area contributed by atoms with Crippen molar-refractivity contribution in [1.82, 2.24) is 4.98 Å². The lowest BCUT2D eigenvalue weighted by Gasteiger charge is -2.31. The van der Waals surface area contributed by atoms with Gasteiger partial charge in [0.25, 0.3) is 5.91 Å². The van der Waals surface area contributed by atoms with Crippen LogP contribution in [0.4, 0.5) is 14.5 Å². The number of amides is 1. The number of amidine groups is 1. The van der Waals surface area contributed by atoms with Crippen molar-refractivity contribution in [3.63, 3.8) is 0 Å². The number of carbonyl (C=O) groups excluding carboxylic acids is 1.